The number of rotatable bonds is 8. The molecule has 0 fully saturated rings. The highest BCUT2D eigenvalue weighted by Crippen LogP contribution is 2.30. The fourth-order valence-electron chi connectivity index (χ4n) is 1.96. The molecule has 6 nitrogen and oxygen atoms in total. The summed E-state index contributed by atoms with van der Waals surface area (Å²) in [6, 6.07) is 2.92. The van der Waals surface area contributed by atoms with Crippen LogP contribution in [0.15, 0.2) is 12.1 Å². The second-order valence-corrected chi connectivity index (χ2v) is 4.43. The van der Waals surface area contributed by atoms with Crippen molar-refractivity contribution < 1.29 is 24.5 Å². The number of aryl methyl sites for hydroxylation is 1. The van der Waals surface area contributed by atoms with Crippen LogP contribution < -0.4 is 14.8 Å². The SMILES string of the molecule is CC.COc1cc(C)cc(OC)c1CNC(CCO)C(=O)O. The Morgan fingerprint density at radius 2 is 1.73 bits per heavy atom. The Morgan fingerprint density at radius 3 is 2.09 bits per heavy atom. The molecule has 126 valence electrons. The number of aliphatic hydroxyl groups is 1. The van der Waals surface area contributed by atoms with E-state index in [2.05, 4.69) is 5.32 Å². The summed E-state index contributed by atoms with van der Waals surface area (Å²) in [5, 5.41) is 20.8. The van der Waals surface area contributed by atoms with Gasteiger partial charge in [-0.2, -0.15) is 0 Å². The lowest BCUT2D eigenvalue weighted by Crippen LogP contribution is -2.37. The third-order valence-electron chi connectivity index (χ3n) is 2.99. The lowest BCUT2D eigenvalue weighted by Gasteiger charge is -2.18. The van der Waals surface area contributed by atoms with Crippen molar-refractivity contribution in [3.63, 3.8) is 0 Å². The van der Waals surface area contributed by atoms with Crippen LogP contribution >= 0.6 is 0 Å². The number of aliphatic hydroxyl groups excluding tert-OH is 1. The molecule has 0 radical (unpaired) electrons. The average Bonchev–Trinajstić information content (AvgIpc) is 2.53. The lowest BCUT2D eigenvalue weighted by molar-refractivity contribution is -0.140. The molecule has 1 rings (SSSR count). The van der Waals surface area contributed by atoms with Crippen molar-refractivity contribution in [3.05, 3.63) is 23.3 Å². The third kappa shape index (κ3) is 5.91. The van der Waals surface area contributed by atoms with Gasteiger partial charge < -0.3 is 19.7 Å². The Balaban J connectivity index is 0.00000211. The minimum atomic E-state index is -0.996. The van der Waals surface area contributed by atoms with Crippen LogP contribution in [0.1, 0.15) is 31.4 Å². The van der Waals surface area contributed by atoms with Crippen LogP contribution in [0.2, 0.25) is 0 Å². The highest BCUT2D eigenvalue weighted by atomic mass is 16.5. The summed E-state index contributed by atoms with van der Waals surface area (Å²) in [6.07, 6.45) is 0.145. The maximum Gasteiger partial charge on any atom is 0.320 e. The number of aliphatic carboxylic acids is 1. The van der Waals surface area contributed by atoms with E-state index in [9.17, 15) is 4.79 Å². The largest absolute Gasteiger partial charge is 0.496 e. The maximum absolute atomic E-state index is 11.0. The van der Waals surface area contributed by atoms with Crippen LogP contribution in [0.3, 0.4) is 0 Å². The van der Waals surface area contributed by atoms with Gasteiger partial charge in [0.2, 0.25) is 0 Å². The van der Waals surface area contributed by atoms with Crippen molar-refractivity contribution in [1.29, 1.82) is 0 Å². The van der Waals surface area contributed by atoms with Gasteiger partial charge in [0, 0.05) is 18.7 Å². The van der Waals surface area contributed by atoms with E-state index in [-0.39, 0.29) is 19.6 Å². The van der Waals surface area contributed by atoms with Crippen molar-refractivity contribution in [2.24, 2.45) is 0 Å². The predicted octanol–water partition coefficient (Wildman–Crippen LogP) is 1.96. The third-order valence-corrected chi connectivity index (χ3v) is 2.99. The zero-order valence-corrected chi connectivity index (χ0v) is 14.0. The molecule has 0 aliphatic heterocycles. The summed E-state index contributed by atoms with van der Waals surface area (Å²) in [5.41, 5.74) is 1.75. The standard InChI is InChI=1S/C14H21NO5.C2H6/c1-9-6-12(19-2)10(13(7-9)20-3)8-15-11(4-5-16)14(17)18;1-2/h6-7,11,15-16H,4-5,8H2,1-3H3,(H,17,18);1-2H3. The number of benzene rings is 1. The van der Waals surface area contributed by atoms with Gasteiger partial charge in [-0.25, -0.2) is 0 Å². The highest BCUT2D eigenvalue weighted by molar-refractivity contribution is 5.73. The van der Waals surface area contributed by atoms with Crippen LogP contribution in [0.4, 0.5) is 0 Å². The number of carboxylic acid groups (broad SMARTS) is 1. The Morgan fingerprint density at radius 1 is 1.23 bits per heavy atom. The summed E-state index contributed by atoms with van der Waals surface area (Å²) in [5.74, 6) is 0.286. The molecule has 1 aromatic rings. The molecule has 0 saturated heterocycles. The van der Waals surface area contributed by atoms with Gasteiger partial charge >= 0.3 is 5.97 Å². The predicted molar refractivity (Wildman–Crippen MR) is 85.6 cm³/mol. The first-order chi connectivity index (χ1) is 10.5. The fourth-order valence-corrected chi connectivity index (χ4v) is 1.96. The molecule has 0 aromatic heterocycles. The van der Waals surface area contributed by atoms with E-state index in [4.69, 9.17) is 19.7 Å². The van der Waals surface area contributed by atoms with Crippen LogP contribution in [-0.2, 0) is 11.3 Å². The van der Waals surface area contributed by atoms with Crippen molar-refractivity contribution >= 4 is 5.97 Å². The molecular formula is C16H27NO5. The summed E-state index contributed by atoms with van der Waals surface area (Å²) in [4.78, 5) is 11.0. The van der Waals surface area contributed by atoms with Crippen LogP contribution in [0.25, 0.3) is 0 Å². The fraction of sp³-hybridized carbons (Fsp3) is 0.562. The number of nitrogens with one attached hydrogen (secondary N) is 1. The van der Waals surface area contributed by atoms with E-state index in [1.54, 1.807) is 14.2 Å². The lowest BCUT2D eigenvalue weighted by atomic mass is 10.1. The normalized spacial score (nSPS) is 11.2. The molecule has 3 N–H and O–H groups in total. The zero-order chi connectivity index (χ0) is 17.1. The van der Waals surface area contributed by atoms with Gasteiger partial charge in [-0.1, -0.05) is 13.8 Å². The number of methoxy groups -OCH3 is 2. The van der Waals surface area contributed by atoms with Crippen LogP contribution in [-0.4, -0.2) is 43.1 Å². The summed E-state index contributed by atoms with van der Waals surface area (Å²) < 4.78 is 10.6. The smallest absolute Gasteiger partial charge is 0.320 e. The Kier molecular flexibility index (Phi) is 9.98. The monoisotopic (exact) mass is 313 g/mol. The highest BCUT2D eigenvalue weighted by Gasteiger charge is 2.18. The summed E-state index contributed by atoms with van der Waals surface area (Å²) in [6.45, 7) is 6.02. The van der Waals surface area contributed by atoms with E-state index in [0.29, 0.717) is 11.5 Å². The molecule has 1 atom stereocenters. The molecule has 1 unspecified atom stereocenters. The Labute approximate surface area is 132 Å². The Hall–Kier alpha value is -1.79. The van der Waals surface area contributed by atoms with Gasteiger partial charge in [0.1, 0.15) is 17.5 Å². The molecule has 0 saturated carbocycles. The topological polar surface area (TPSA) is 88.0 Å². The summed E-state index contributed by atoms with van der Waals surface area (Å²) >= 11 is 0. The van der Waals surface area contributed by atoms with Crippen LogP contribution in [0, 0.1) is 6.92 Å². The zero-order valence-electron chi connectivity index (χ0n) is 14.0. The van der Waals surface area contributed by atoms with Gasteiger partial charge in [0.15, 0.2) is 0 Å². The number of carboxylic acids is 1. The molecule has 0 spiro atoms. The van der Waals surface area contributed by atoms with Gasteiger partial charge in [-0.05, 0) is 31.0 Å². The average molecular weight is 313 g/mol. The Bertz CT molecular complexity index is 437. The van der Waals surface area contributed by atoms with E-state index in [1.165, 1.54) is 0 Å². The molecule has 0 aliphatic rings. The van der Waals surface area contributed by atoms with E-state index in [0.717, 1.165) is 11.1 Å². The van der Waals surface area contributed by atoms with E-state index >= 15 is 0 Å². The first-order valence-corrected chi connectivity index (χ1v) is 7.32. The van der Waals surface area contributed by atoms with E-state index in [1.807, 2.05) is 32.9 Å². The molecule has 0 amide bonds. The number of ether oxygens (including phenoxy) is 2. The molecule has 0 bridgehead atoms. The molecule has 0 heterocycles. The summed E-state index contributed by atoms with van der Waals surface area (Å²) in [7, 11) is 3.11. The number of hydrogen-bond acceptors (Lipinski definition) is 5. The number of hydrogen-bond donors (Lipinski definition) is 3. The molecular weight excluding hydrogens is 286 g/mol. The van der Waals surface area contributed by atoms with Crippen molar-refractivity contribution in [2.75, 3.05) is 20.8 Å². The molecule has 1 aromatic carbocycles. The molecule has 22 heavy (non-hydrogen) atoms. The van der Waals surface area contributed by atoms with E-state index < -0.39 is 12.0 Å². The van der Waals surface area contributed by atoms with Crippen molar-refractivity contribution in [3.8, 4) is 11.5 Å². The molecule has 0 aliphatic carbocycles. The van der Waals surface area contributed by atoms with Crippen molar-refractivity contribution in [1.82, 2.24) is 5.32 Å². The molecule has 6 heteroatoms. The van der Waals surface area contributed by atoms with Gasteiger partial charge in [0.05, 0.1) is 14.2 Å². The van der Waals surface area contributed by atoms with Crippen molar-refractivity contribution in [2.45, 2.75) is 39.8 Å². The minimum absolute atomic E-state index is 0.145. The first kappa shape index (κ1) is 20.2. The van der Waals surface area contributed by atoms with Gasteiger partial charge in [-0.3, -0.25) is 10.1 Å². The van der Waals surface area contributed by atoms with Crippen LogP contribution in [0.5, 0.6) is 11.5 Å². The second-order valence-electron chi connectivity index (χ2n) is 4.43. The number of carbonyl (C=O) groups is 1. The first-order valence-electron chi connectivity index (χ1n) is 7.32. The quantitative estimate of drug-likeness (QED) is 0.680. The maximum atomic E-state index is 11.0. The van der Waals surface area contributed by atoms with Gasteiger partial charge in [0.25, 0.3) is 0 Å². The second kappa shape index (κ2) is 10.9. The van der Waals surface area contributed by atoms with Gasteiger partial charge in [-0.15, -0.1) is 0 Å². The minimum Gasteiger partial charge on any atom is -0.496 e.